The molecular formula is C14H19NO5. The van der Waals surface area contributed by atoms with Crippen LogP contribution in [0.1, 0.15) is 31.1 Å². The van der Waals surface area contributed by atoms with E-state index in [1.165, 1.54) is 31.3 Å². The number of benzene rings is 1. The highest BCUT2D eigenvalue weighted by Crippen LogP contribution is 2.30. The van der Waals surface area contributed by atoms with Crippen molar-refractivity contribution in [1.29, 1.82) is 0 Å². The zero-order valence-corrected chi connectivity index (χ0v) is 12.3. The van der Waals surface area contributed by atoms with E-state index in [1.54, 1.807) is 26.8 Å². The largest absolute Gasteiger partial charge is 0.496 e. The molecule has 0 aromatic heterocycles. The summed E-state index contributed by atoms with van der Waals surface area (Å²) in [5.41, 5.74) is 0.0522. The van der Waals surface area contributed by atoms with Crippen molar-refractivity contribution >= 4 is 17.7 Å². The maximum Gasteiger partial charge on any atom is 0.412 e. The third-order valence-corrected chi connectivity index (χ3v) is 2.71. The van der Waals surface area contributed by atoms with E-state index in [-0.39, 0.29) is 11.3 Å². The zero-order chi connectivity index (χ0) is 15.5. The molecular weight excluding hydrogens is 262 g/mol. The second kappa shape index (κ2) is 5.81. The molecule has 0 saturated heterocycles. The maximum absolute atomic E-state index is 11.6. The fraction of sp³-hybridized carbons (Fsp3) is 0.429. The molecule has 0 aliphatic heterocycles. The molecule has 0 unspecified atom stereocenters. The van der Waals surface area contributed by atoms with Crippen LogP contribution in [0.4, 0.5) is 10.5 Å². The molecule has 0 bridgehead atoms. The second-order valence-electron chi connectivity index (χ2n) is 5.16. The van der Waals surface area contributed by atoms with Gasteiger partial charge in [0.2, 0.25) is 0 Å². The van der Waals surface area contributed by atoms with Gasteiger partial charge in [-0.25, -0.2) is 9.59 Å². The number of carboxylic acid groups (broad SMARTS) is 1. The van der Waals surface area contributed by atoms with Crippen molar-refractivity contribution in [3.63, 3.8) is 0 Å². The highest BCUT2D eigenvalue weighted by Gasteiger charge is 2.29. The van der Waals surface area contributed by atoms with Gasteiger partial charge in [-0.15, -0.1) is 0 Å². The normalized spacial score (nSPS) is 10.8. The molecule has 1 aromatic rings. The molecule has 0 saturated carbocycles. The molecule has 1 amide bonds. The van der Waals surface area contributed by atoms with Crippen molar-refractivity contribution in [3.05, 3.63) is 23.8 Å². The molecule has 1 rings (SSSR count). The Balaban J connectivity index is 3.34. The number of anilines is 1. The Morgan fingerprint density at radius 3 is 2.20 bits per heavy atom. The van der Waals surface area contributed by atoms with E-state index in [0.717, 1.165) is 0 Å². The summed E-state index contributed by atoms with van der Waals surface area (Å²) in [5, 5.41) is 9.34. The Labute approximate surface area is 117 Å². The van der Waals surface area contributed by atoms with Gasteiger partial charge in [0.15, 0.2) is 0 Å². The fourth-order valence-corrected chi connectivity index (χ4v) is 1.88. The van der Waals surface area contributed by atoms with Gasteiger partial charge in [0.1, 0.15) is 11.3 Å². The van der Waals surface area contributed by atoms with E-state index < -0.39 is 17.6 Å². The standard InChI is InChI=1S/C14H19NO5/c1-14(2,3)15(13(17)18)9-6-7-10(12(16)20-5)11(8-9)19-4/h6-8H,1-5H3,(H,17,18). The van der Waals surface area contributed by atoms with Crippen molar-refractivity contribution in [2.75, 3.05) is 19.1 Å². The van der Waals surface area contributed by atoms with Gasteiger partial charge in [-0.05, 0) is 32.9 Å². The maximum atomic E-state index is 11.6. The van der Waals surface area contributed by atoms with Gasteiger partial charge in [-0.3, -0.25) is 4.90 Å². The summed E-state index contributed by atoms with van der Waals surface area (Å²) in [6.07, 6.45) is -1.08. The molecule has 110 valence electrons. The molecule has 0 fully saturated rings. The van der Waals surface area contributed by atoms with Crippen molar-refractivity contribution in [3.8, 4) is 5.75 Å². The van der Waals surface area contributed by atoms with Gasteiger partial charge in [-0.2, -0.15) is 0 Å². The summed E-state index contributed by atoms with van der Waals surface area (Å²) < 4.78 is 9.78. The number of ether oxygens (including phenoxy) is 2. The molecule has 0 aliphatic rings. The van der Waals surface area contributed by atoms with E-state index in [2.05, 4.69) is 4.74 Å². The summed E-state index contributed by atoms with van der Waals surface area (Å²) in [6, 6.07) is 4.54. The Morgan fingerprint density at radius 1 is 1.20 bits per heavy atom. The minimum atomic E-state index is -1.08. The van der Waals surface area contributed by atoms with Crippen molar-refractivity contribution in [1.82, 2.24) is 0 Å². The molecule has 1 N–H and O–H groups in total. The van der Waals surface area contributed by atoms with Gasteiger partial charge in [0, 0.05) is 11.6 Å². The van der Waals surface area contributed by atoms with E-state index in [1.807, 2.05) is 0 Å². The highest BCUT2D eigenvalue weighted by molar-refractivity contribution is 5.94. The van der Waals surface area contributed by atoms with E-state index in [9.17, 15) is 14.7 Å². The molecule has 1 aromatic carbocycles. The fourth-order valence-electron chi connectivity index (χ4n) is 1.88. The minimum absolute atomic E-state index is 0.248. The number of esters is 1. The molecule has 0 radical (unpaired) electrons. The Hall–Kier alpha value is -2.24. The number of nitrogens with zero attached hydrogens (tertiary/aromatic N) is 1. The number of hydrogen-bond donors (Lipinski definition) is 1. The van der Waals surface area contributed by atoms with Crippen LogP contribution < -0.4 is 9.64 Å². The number of carbonyl (C=O) groups excluding carboxylic acids is 1. The van der Waals surface area contributed by atoms with Crippen LogP contribution in [0.25, 0.3) is 0 Å². The van der Waals surface area contributed by atoms with Gasteiger partial charge >= 0.3 is 12.1 Å². The van der Waals surface area contributed by atoms with Gasteiger partial charge in [-0.1, -0.05) is 0 Å². The van der Waals surface area contributed by atoms with Gasteiger partial charge < -0.3 is 14.6 Å². The number of methoxy groups -OCH3 is 2. The molecule has 0 heterocycles. The van der Waals surface area contributed by atoms with Crippen LogP contribution in [0.5, 0.6) is 5.75 Å². The molecule has 0 atom stereocenters. The van der Waals surface area contributed by atoms with Crippen LogP contribution >= 0.6 is 0 Å². The minimum Gasteiger partial charge on any atom is -0.496 e. The average Bonchev–Trinajstić information content (AvgIpc) is 2.35. The van der Waals surface area contributed by atoms with Crippen molar-refractivity contribution in [2.45, 2.75) is 26.3 Å². The number of amides is 1. The van der Waals surface area contributed by atoms with Crippen LogP contribution in [-0.2, 0) is 4.74 Å². The predicted molar refractivity (Wildman–Crippen MR) is 74.6 cm³/mol. The van der Waals surface area contributed by atoms with Crippen molar-refractivity contribution in [2.24, 2.45) is 0 Å². The molecule has 0 aliphatic carbocycles. The number of rotatable bonds is 3. The third kappa shape index (κ3) is 3.20. The predicted octanol–water partition coefficient (Wildman–Crippen LogP) is 2.76. The molecule has 6 nitrogen and oxygen atoms in total. The monoisotopic (exact) mass is 281 g/mol. The van der Waals surface area contributed by atoms with E-state index in [4.69, 9.17) is 4.74 Å². The highest BCUT2D eigenvalue weighted by atomic mass is 16.5. The lowest BCUT2D eigenvalue weighted by molar-refractivity contribution is 0.0597. The molecule has 20 heavy (non-hydrogen) atoms. The second-order valence-corrected chi connectivity index (χ2v) is 5.16. The van der Waals surface area contributed by atoms with Crippen LogP contribution in [0.3, 0.4) is 0 Å². The van der Waals surface area contributed by atoms with Crippen LogP contribution in [-0.4, -0.2) is 36.9 Å². The van der Waals surface area contributed by atoms with Gasteiger partial charge in [0.25, 0.3) is 0 Å². The first kappa shape index (κ1) is 15.8. The van der Waals surface area contributed by atoms with Gasteiger partial charge in [0.05, 0.1) is 19.9 Å². The zero-order valence-electron chi connectivity index (χ0n) is 12.3. The molecule has 6 heteroatoms. The van der Waals surface area contributed by atoms with E-state index >= 15 is 0 Å². The quantitative estimate of drug-likeness (QED) is 0.862. The first-order valence-corrected chi connectivity index (χ1v) is 6.02. The van der Waals surface area contributed by atoms with Crippen molar-refractivity contribution < 1.29 is 24.2 Å². The Bertz CT molecular complexity index is 519. The average molecular weight is 281 g/mol. The summed E-state index contributed by atoms with van der Waals surface area (Å²) in [7, 11) is 2.68. The first-order valence-electron chi connectivity index (χ1n) is 6.02. The Morgan fingerprint density at radius 2 is 1.80 bits per heavy atom. The summed E-state index contributed by atoms with van der Waals surface area (Å²) in [6.45, 7) is 5.34. The number of carbonyl (C=O) groups is 2. The molecule has 0 spiro atoms. The lowest BCUT2D eigenvalue weighted by atomic mass is 10.0. The van der Waals surface area contributed by atoms with Crippen LogP contribution in [0, 0.1) is 0 Å². The lowest BCUT2D eigenvalue weighted by Crippen LogP contribution is -2.45. The topological polar surface area (TPSA) is 76.1 Å². The summed E-state index contributed by atoms with van der Waals surface area (Å²) in [4.78, 5) is 24.2. The van der Waals surface area contributed by atoms with E-state index in [0.29, 0.717) is 5.69 Å². The SMILES string of the molecule is COC(=O)c1ccc(N(C(=O)O)C(C)(C)C)cc1OC. The summed E-state index contributed by atoms with van der Waals surface area (Å²) >= 11 is 0. The Kier molecular flexibility index (Phi) is 4.60. The lowest BCUT2D eigenvalue weighted by Gasteiger charge is -2.33. The first-order chi connectivity index (χ1) is 9.22. The summed E-state index contributed by atoms with van der Waals surface area (Å²) in [5.74, 6) is -0.268. The third-order valence-electron chi connectivity index (χ3n) is 2.71. The van der Waals surface area contributed by atoms with Crippen LogP contribution in [0.2, 0.25) is 0 Å². The number of hydrogen-bond acceptors (Lipinski definition) is 4. The van der Waals surface area contributed by atoms with Crippen LogP contribution in [0.15, 0.2) is 18.2 Å². The smallest absolute Gasteiger partial charge is 0.412 e.